The third-order valence-corrected chi connectivity index (χ3v) is 4.06. The number of ether oxygens (including phenoxy) is 1. The third kappa shape index (κ3) is 2.29. The molecule has 0 spiro atoms. The van der Waals surface area contributed by atoms with E-state index in [1.165, 1.54) is 0 Å². The Balaban J connectivity index is 1.92. The lowest BCUT2D eigenvalue weighted by Gasteiger charge is -2.33. The summed E-state index contributed by atoms with van der Waals surface area (Å²) in [5.41, 5.74) is 4.92. The summed E-state index contributed by atoms with van der Waals surface area (Å²) in [6.45, 7) is 2.24. The number of rotatable bonds is 4. The zero-order valence-corrected chi connectivity index (χ0v) is 10.8. The highest BCUT2D eigenvalue weighted by atomic mass is 16.5. The number of methoxy groups -OCH3 is 1. The molecule has 2 fully saturated rings. The van der Waals surface area contributed by atoms with Crippen LogP contribution in [-0.2, 0) is 9.53 Å². The van der Waals surface area contributed by atoms with E-state index in [1.54, 1.807) is 7.11 Å². The highest BCUT2D eigenvalue weighted by Crippen LogP contribution is 2.47. The van der Waals surface area contributed by atoms with Crippen LogP contribution in [0.25, 0.3) is 0 Å². The van der Waals surface area contributed by atoms with Crippen molar-refractivity contribution in [2.24, 2.45) is 22.2 Å². The fourth-order valence-electron chi connectivity index (χ4n) is 2.64. The number of carbonyl (C=O) groups is 1. The Morgan fingerprint density at radius 2 is 2.11 bits per heavy atom. The standard InChI is InChI=1S/C12H21N3O3/c1-18-8-9-2-6-15(7-3-9)11(16)12(4-5-12)10(13)14-17/h9,17H,2-8H2,1H3,(H2,13,14). The molecule has 6 heteroatoms. The van der Waals surface area contributed by atoms with Gasteiger partial charge in [-0.2, -0.15) is 0 Å². The summed E-state index contributed by atoms with van der Waals surface area (Å²) < 4.78 is 5.14. The number of carbonyl (C=O) groups excluding carboxylic acids is 1. The fraction of sp³-hybridized carbons (Fsp3) is 0.833. The maximum absolute atomic E-state index is 12.4. The van der Waals surface area contributed by atoms with Crippen LogP contribution in [0.3, 0.4) is 0 Å². The molecule has 0 aromatic carbocycles. The molecule has 1 amide bonds. The minimum absolute atomic E-state index is 0.0219. The summed E-state index contributed by atoms with van der Waals surface area (Å²) >= 11 is 0. The number of nitrogens with two attached hydrogens (primary N) is 1. The van der Waals surface area contributed by atoms with Gasteiger partial charge in [0.05, 0.1) is 0 Å². The number of hydrogen-bond acceptors (Lipinski definition) is 4. The molecule has 0 radical (unpaired) electrons. The molecule has 1 heterocycles. The van der Waals surface area contributed by atoms with E-state index in [2.05, 4.69) is 5.16 Å². The van der Waals surface area contributed by atoms with Crippen LogP contribution in [0.2, 0.25) is 0 Å². The highest BCUT2D eigenvalue weighted by molar-refractivity contribution is 6.09. The lowest BCUT2D eigenvalue weighted by molar-refractivity contribution is -0.136. The van der Waals surface area contributed by atoms with Crippen LogP contribution in [0.5, 0.6) is 0 Å². The lowest BCUT2D eigenvalue weighted by Crippen LogP contribution is -2.47. The van der Waals surface area contributed by atoms with Gasteiger partial charge in [-0.1, -0.05) is 5.16 Å². The molecule has 1 aliphatic carbocycles. The van der Waals surface area contributed by atoms with E-state index >= 15 is 0 Å². The average Bonchev–Trinajstić information content (AvgIpc) is 3.20. The van der Waals surface area contributed by atoms with Crippen LogP contribution < -0.4 is 5.73 Å². The first kappa shape index (κ1) is 13.1. The van der Waals surface area contributed by atoms with Crippen molar-refractivity contribution >= 4 is 11.7 Å². The van der Waals surface area contributed by atoms with Crippen molar-refractivity contribution in [2.45, 2.75) is 25.7 Å². The number of amides is 1. The lowest BCUT2D eigenvalue weighted by atomic mass is 9.95. The zero-order valence-electron chi connectivity index (χ0n) is 10.8. The molecule has 1 saturated carbocycles. The summed E-state index contributed by atoms with van der Waals surface area (Å²) in [6, 6.07) is 0. The molecule has 0 aromatic rings. The Morgan fingerprint density at radius 1 is 1.50 bits per heavy atom. The van der Waals surface area contributed by atoms with E-state index in [4.69, 9.17) is 15.7 Å². The Bertz CT molecular complexity index is 344. The van der Waals surface area contributed by atoms with Gasteiger partial charge in [0.25, 0.3) is 0 Å². The van der Waals surface area contributed by atoms with Crippen molar-refractivity contribution in [3.05, 3.63) is 0 Å². The second-order valence-electron chi connectivity index (χ2n) is 5.26. The molecule has 1 saturated heterocycles. The van der Waals surface area contributed by atoms with Gasteiger partial charge >= 0.3 is 0 Å². The van der Waals surface area contributed by atoms with Crippen molar-refractivity contribution in [3.63, 3.8) is 0 Å². The third-order valence-electron chi connectivity index (χ3n) is 4.06. The molecule has 0 bridgehead atoms. The number of hydrogen-bond donors (Lipinski definition) is 2. The molecular formula is C12H21N3O3. The summed E-state index contributed by atoms with van der Waals surface area (Å²) in [5.74, 6) is 0.623. The first-order valence-corrected chi connectivity index (χ1v) is 6.40. The molecule has 2 rings (SSSR count). The summed E-state index contributed by atoms with van der Waals surface area (Å²) in [6.07, 6.45) is 3.32. The van der Waals surface area contributed by atoms with E-state index < -0.39 is 5.41 Å². The number of likely N-dealkylation sites (tertiary alicyclic amines) is 1. The van der Waals surface area contributed by atoms with Crippen LogP contribution in [0.15, 0.2) is 5.16 Å². The fourth-order valence-corrected chi connectivity index (χ4v) is 2.64. The van der Waals surface area contributed by atoms with E-state index in [0.29, 0.717) is 18.8 Å². The topological polar surface area (TPSA) is 88.2 Å². The van der Waals surface area contributed by atoms with E-state index in [9.17, 15) is 4.79 Å². The maximum Gasteiger partial charge on any atom is 0.236 e. The smallest absolute Gasteiger partial charge is 0.236 e. The minimum Gasteiger partial charge on any atom is -0.409 e. The summed E-state index contributed by atoms with van der Waals surface area (Å²) in [7, 11) is 1.70. The Kier molecular flexibility index (Phi) is 3.75. The molecule has 0 atom stereocenters. The number of piperidine rings is 1. The number of nitrogens with zero attached hydrogens (tertiary/aromatic N) is 2. The molecule has 1 aliphatic heterocycles. The second-order valence-corrected chi connectivity index (χ2v) is 5.26. The van der Waals surface area contributed by atoms with Crippen LogP contribution in [0.1, 0.15) is 25.7 Å². The average molecular weight is 255 g/mol. The van der Waals surface area contributed by atoms with Crippen LogP contribution in [0, 0.1) is 11.3 Å². The van der Waals surface area contributed by atoms with Gasteiger partial charge < -0.3 is 20.6 Å². The molecule has 102 valence electrons. The highest BCUT2D eigenvalue weighted by Gasteiger charge is 2.55. The maximum atomic E-state index is 12.4. The molecule has 6 nitrogen and oxygen atoms in total. The molecule has 0 aromatic heterocycles. The van der Waals surface area contributed by atoms with Gasteiger partial charge in [-0.15, -0.1) is 0 Å². The van der Waals surface area contributed by atoms with Crippen LogP contribution in [-0.4, -0.2) is 48.7 Å². The predicted molar refractivity (Wildman–Crippen MR) is 66.3 cm³/mol. The van der Waals surface area contributed by atoms with Gasteiger partial charge in [-0.25, -0.2) is 0 Å². The van der Waals surface area contributed by atoms with Crippen molar-refractivity contribution in [1.29, 1.82) is 0 Å². The van der Waals surface area contributed by atoms with Gasteiger partial charge in [-0.05, 0) is 31.6 Å². The van der Waals surface area contributed by atoms with Gasteiger partial charge in [-0.3, -0.25) is 4.79 Å². The molecule has 3 N–H and O–H groups in total. The number of oxime groups is 1. The Morgan fingerprint density at radius 3 is 2.56 bits per heavy atom. The number of amidine groups is 1. The van der Waals surface area contributed by atoms with Gasteiger partial charge in [0.2, 0.25) is 5.91 Å². The predicted octanol–water partition coefficient (Wildman–Crippen LogP) is 0.398. The minimum atomic E-state index is -0.706. The quantitative estimate of drug-likeness (QED) is 0.329. The largest absolute Gasteiger partial charge is 0.409 e. The Hall–Kier alpha value is -1.30. The second kappa shape index (κ2) is 5.14. The zero-order chi connectivity index (χ0) is 13.2. The van der Waals surface area contributed by atoms with Crippen molar-refractivity contribution < 1.29 is 14.7 Å². The first-order valence-electron chi connectivity index (χ1n) is 6.40. The summed E-state index contributed by atoms with van der Waals surface area (Å²) in [4.78, 5) is 14.2. The van der Waals surface area contributed by atoms with Crippen molar-refractivity contribution in [3.8, 4) is 0 Å². The SMILES string of the molecule is COCC1CCN(C(=O)C2(C(N)=NO)CC2)CC1. The summed E-state index contributed by atoms with van der Waals surface area (Å²) in [5, 5.41) is 11.8. The monoisotopic (exact) mass is 255 g/mol. The van der Waals surface area contributed by atoms with E-state index in [-0.39, 0.29) is 11.7 Å². The van der Waals surface area contributed by atoms with Gasteiger partial charge in [0.1, 0.15) is 5.41 Å². The van der Waals surface area contributed by atoms with Crippen molar-refractivity contribution in [1.82, 2.24) is 4.90 Å². The van der Waals surface area contributed by atoms with E-state index in [1.807, 2.05) is 4.90 Å². The molecule has 2 aliphatic rings. The van der Waals surface area contributed by atoms with Gasteiger partial charge in [0.15, 0.2) is 5.84 Å². The molecule has 0 unspecified atom stereocenters. The Labute approximate surface area is 107 Å². The molecular weight excluding hydrogens is 234 g/mol. The molecule has 18 heavy (non-hydrogen) atoms. The van der Waals surface area contributed by atoms with E-state index in [0.717, 1.165) is 32.5 Å². The van der Waals surface area contributed by atoms with Gasteiger partial charge in [0, 0.05) is 26.8 Å². The van der Waals surface area contributed by atoms with Crippen LogP contribution in [0.4, 0.5) is 0 Å². The van der Waals surface area contributed by atoms with Crippen molar-refractivity contribution in [2.75, 3.05) is 26.8 Å². The first-order chi connectivity index (χ1) is 8.64. The normalized spacial score (nSPS) is 24.1. The van der Waals surface area contributed by atoms with Crippen LogP contribution >= 0.6 is 0 Å².